The molecule has 0 spiro atoms. The van der Waals surface area contributed by atoms with Crippen molar-refractivity contribution in [2.45, 2.75) is 6.61 Å². The van der Waals surface area contributed by atoms with Crippen molar-refractivity contribution in [3.63, 3.8) is 0 Å². The first-order chi connectivity index (χ1) is 15.7. The summed E-state index contributed by atoms with van der Waals surface area (Å²) in [5.74, 6) is 0.984. The summed E-state index contributed by atoms with van der Waals surface area (Å²) in [5, 5.41) is 6.13. The number of rotatable bonds is 8. The van der Waals surface area contributed by atoms with Crippen molar-refractivity contribution >= 4 is 38.8 Å². The number of hydrogen-bond acceptors (Lipinski definition) is 4. The first-order valence-corrected chi connectivity index (χ1v) is 10.9. The molecule has 0 aliphatic heterocycles. The standard InChI is InChI=1S/C26H21BrN2O3/c27-26-23-12-5-4-10-21(23)13-14-24(26)32-18-25(30)29-28-16-20-9-6-11-22(15-20)31-17-19-7-2-1-3-8-19/h1-16H,17-18H2,(H,29,30). The second kappa shape index (κ2) is 10.6. The van der Waals surface area contributed by atoms with Gasteiger partial charge in [-0.3, -0.25) is 4.79 Å². The van der Waals surface area contributed by atoms with Gasteiger partial charge < -0.3 is 9.47 Å². The molecular weight excluding hydrogens is 468 g/mol. The number of fused-ring (bicyclic) bond motifs is 1. The monoisotopic (exact) mass is 488 g/mol. The van der Waals surface area contributed by atoms with Gasteiger partial charge in [0.2, 0.25) is 0 Å². The first-order valence-electron chi connectivity index (χ1n) is 10.1. The lowest BCUT2D eigenvalue weighted by Crippen LogP contribution is -2.24. The molecule has 0 aliphatic rings. The molecule has 0 bridgehead atoms. The molecule has 0 aliphatic carbocycles. The zero-order chi connectivity index (χ0) is 22.2. The summed E-state index contributed by atoms with van der Waals surface area (Å²) in [5.41, 5.74) is 4.39. The van der Waals surface area contributed by atoms with E-state index in [1.165, 1.54) is 0 Å². The molecule has 1 amide bonds. The van der Waals surface area contributed by atoms with E-state index in [2.05, 4.69) is 26.5 Å². The lowest BCUT2D eigenvalue weighted by atomic mass is 10.1. The van der Waals surface area contributed by atoms with Gasteiger partial charge in [0.15, 0.2) is 6.61 Å². The Morgan fingerprint density at radius 1 is 0.906 bits per heavy atom. The summed E-state index contributed by atoms with van der Waals surface area (Å²) in [6.07, 6.45) is 1.57. The third-order valence-corrected chi connectivity index (χ3v) is 5.51. The average molecular weight is 489 g/mol. The van der Waals surface area contributed by atoms with Crippen LogP contribution in [-0.2, 0) is 11.4 Å². The number of nitrogens with zero attached hydrogens (tertiary/aromatic N) is 1. The van der Waals surface area contributed by atoms with Crippen molar-refractivity contribution in [2.24, 2.45) is 5.10 Å². The van der Waals surface area contributed by atoms with Crippen LogP contribution in [0, 0.1) is 0 Å². The smallest absolute Gasteiger partial charge is 0.277 e. The summed E-state index contributed by atoms with van der Waals surface area (Å²) in [4.78, 5) is 12.1. The van der Waals surface area contributed by atoms with E-state index in [9.17, 15) is 4.79 Å². The number of nitrogens with one attached hydrogen (secondary N) is 1. The highest BCUT2D eigenvalue weighted by Gasteiger charge is 2.08. The highest BCUT2D eigenvalue weighted by atomic mass is 79.9. The van der Waals surface area contributed by atoms with E-state index in [0.29, 0.717) is 12.4 Å². The molecule has 0 heterocycles. The number of carbonyl (C=O) groups is 1. The fourth-order valence-electron chi connectivity index (χ4n) is 3.10. The molecule has 4 aromatic rings. The number of hydrogen-bond donors (Lipinski definition) is 1. The Hall–Kier alpha value is -3.64. The normalized spacial score (nSPS) is 10.9. The Morgan fingerprint density at radius 3 is 2.59 bits per heavy atom. The van der Waals surface area contributed by atoms with Crippen LogP contribution in [0.2, 0.25) is 0 Å². The lowest BCUT2D eigenvalue weighted by molar-refractivity contribution is -0.123. The Kier molecular flexibility index (Phi) is 7.15. The maximum Gasteiger partial charge on any atom is 0.277 e. The van der Waals surface area contributed by atoms with Crippen molar-refractivity contribution in [3.8, 4) is 11.5 Å². The number of amides is 1. The minimum Gasteiger partial charge on any atom is -0.489 e. The number of hydrazone groups is 1. The van der Waals surface area contributed by atoms with Gasteiger partial charge in [-0.25, -0.2) is 5.43 Å². The molecule has 0 saturated carbocycles. The molecule has 4 aromatic carbocycles. The zero-order valence-electron chi connectivity index (χ0n) is 17.2. The average Bonchev–Trinajstić information content (AvgIpc) is 2.83. The van der Waals surface area contributed by atoms with Crippen LogP contribution in [0.15, 0.2) is 101 Å². The molecule has 160 valence electrons. The molecule has 0 aromatic heterocycles. The van der Waals surface area contributed by atoms with Crippen LogP contribution in [0.25, 0.3) is 10.8 Å². The lowest BCUT2D eigenvalue weighted by Gasteiger charge is -2.09. The summed E-state index contributed by atoms with van der Waals surface area (Å²) >= 11 is 3.55. The minimum atomic E-state index is -0.349. The Bertz CT molecular complexity index is 1240. The Morgan fingerprint density at radius 2 is 1.72 bits per heavy atom. The maximum atomic E-state index is 12.1. The Balaban J connectivity index is 1.28. The molecule has 0 fully saturated rings. The number of halogens is 1. The van der Waals surface area contributed by atoms with Crippen LogP contribution in [0.1, 0.15) is 11.1 Å². The fourth-order valence-corrected chi connectivity index (χ4v) is 3.71. The summed E-state index contributed by atoms with van der Waals surface area (Å²) in [6.45, 7) is 0.342. The van der Waals surface area contributed by atoms with E-state index < -0.39 is 0 Å². The predicted molar refractivity (Wildman–Crippen MR) is 130 cm³/mol. The molecule has 32 heavy (non-hydrogen) atoms. The van der Waals surface area contributed by atoms with Gasteiger partial charge in [-0.15, -0.1) is 0 Å². The van der Waals surface area contributed by atoms with Gasteiger partial charge in [0, 0.05) is 0 Å². The van der Waals surface area contributed by atoms with Crippen molar-refractivity contribution in [1.29, 1.82) is 0 Å². The number of ether oxygens (including phenoxy) is 2. The zero-order valence-corrected chi connectivity index (χ0v) is 18.8. The highest BCUT2D eigenvalue weighted by molar-refractivity contribution is 9.10. The van der Waals surface area contributed by atoms with E-state index in [1.54, 1.807) is 6.21 Å². The third kappa shape index (κ3) is 5.74. The molecule has 0 radical (unpaired) electrons. The second-order valence-electron chi connectivity index (χ2n) is 7.03. The van der Waals surface area contributed by atoms with E-state index in [4.69, 9.17) is 9.47 Å². The van der Waals surface area contributed by atoms with Crippen LogP contribution >= 0.6 is 15.9 Å². The minimum absolute atomic E-state index is 0.144. The second-order valence-corrected chi connectivity index (χ2v) is 7.82. The van der Waals surface area contributed by atoms with E-state index in [-0.39, 0.29) is 12.5 Å². The van der Waals surface area contributed by atoms with Crippen molar-refractivity contribution in [2.75, 3.05) is 6.61 Å². The number of carbonyl (C=O) groups excluding carboxylic acids is 1. The highest BCUT2D eigenvalue weighted by Crippen LogP contribution is 2.32. The Labute approximate surface area is 194 Å². The van der Waals surface area contributed by atoms with E-state index in [0.717, 1.165) is 32.1 Å². The van der Waals surface area contributed by atoms with Crippen molar-refractivity contribution in [3.05, 3.63) is 107 Å². The molecule has 0 unspecified atom stereocenters. The summed E-state index contributed by atoms with van der Waals surface area (Å²) in [7, 11) is 0. The quantitative estimate of drug-likeness (QED) is 0.255. The maximum absolute atomic E-state index is 12.1. The molecule has 5 nitrogen and oxygen atoms in total. The molecule has 0 atom stereocenters. The SMILES string of the molecule is O=C(COc1ccc2ccccc2c1Br)NN=Cc1cccc(OCc2ccccc2)c1. The van der Waals surface area contributed by atoms with Gasteiger partial charge in [0.25, 0.3) is 5.91 Å². The fraction of sp³-hybridized carbons (Fsp3) is 0.0769. The predicted octanol–water partition coefficient (Wildman–Crippen LogP) is 5.71. The largest absolute Gasteiger partial charge is 0.489 e. The third-order valence-electron chi connectivity index (χ3n) is 4.70. The van der Waals surface area contributed by atoms with Crippen molar-refractivity contribution in [1.82, 2.24) is 5.43 Å². The van der Waals surface area contributed by atoms with Crippen LogP contribution in [0.3, 0.4) is 0 Å². The van der Waals surface area contributed by atoms with Gasteiger partial charge in [-0.2, -0.15) is 5.10 Å². The van der Waals surface area contributed by atoms with Crippen LogP contribution in [0.4, 0.5) is 0 Å². The van der Waals surface area contributed by atoms with Crippen LogP contribution in [0.5, 0.6) is 11.5 Å². The molecule has 4 rings (SSSR count). The van der Waals surface area contributed by atoms with Gasteiger partial charge in [0.1, 0.15) is 18.1 Å². The summed E-state index contributed by atoms with van der Waals surface area (Å²) < 4.78 is 12.3. The molecule has 6 heteroatoms. The van der Waals surface area contributed by atoms with Gasteiger partial charge in [0.05, 0.1) is 10.7 Å². The summed E-state index contributed by atoms with van der Waals surface area (Å²) in [6, 6.07) is 29.2. The molecular formula is C26H21BrN2O3. The van der Waals surface area contributed by atoms with Gasteiger partial charge in [-0.1, -0.05) is 72.8 Å². The van der Waals surface area contributed by atoms with Gasteiger partial charge in [-0.05, 0) is 56.0 Å². The first kappa shape index (κ1) is 21.6. The van der Waals surface area contributed by atoms with Crippen LogP contribution < -0.4 is 14.9 Å². The van der Waals surface area contributed by atoms with Crippen LogP contribution in [-0.4, -0.2) is 18.7 Å². The van der Waals surface area contributed by atoms with E-state index >= 15 is 0 Å². The topological polar surface area (TPSA) is 59.9 Å². The number of benzene rings is 4. The molecule has 1 N–H and O–H groups in total. The van der Waals surface area contributed by atoms with Crippen molar-refractivity contribution < 1.29 is 14.3 Å². The van der Waals surface area contributed by atoms with Gasteiger partial charge >= 0.3 is 0 Å². The molecule has 0 saturated heterocycles. The van der Waals surface area contributed by atoms with E-state index in [1.807, 2.05) is 91.0 Å².